The fourth-order valence-electron chi connectivity index (χ4n) is 1.46. The van der Waals surface area contributed by atoms with Gasteiger partial charge in [-0.3, -0.25) is 9.59 Å². The Morgan fingerprint density at radius 3 is 1.95 bits per heavy atom. The van der Waals surface area contributed by atoms with Crippen molar-refractivity contribution < 1.29 is 9.59 Å². The first-order valence-electron chi connectivity index (χ1n) is 6.23. The van der Waals surface area contributed by atoms with E-state index >= 15 is 0 Å². The molecule has 0 saturated heterocycles. The van der Waals surface area contributed by atoms with Crippen molar-refractivity contribution in [2.45, 2.75) is 32.0 Å². The number of hydrogen-bond donors (Lipinski definition) is 2. The van der Waals surface area contributed by atoms with Gasteiger partial charge in [-0.1, -0.05) is 29.8 Å². The molecule has 0 spiro atoms. The molecule has 19 heavy (non-hydrogen) atoms. The Morgan fingerprint density at radius 1 is 1.05 bits per heavy atom. The Labute approximate surface area is 122 Å². The molecule has 104 valence electrons. The van der Waals surface area contributed by atoms with Crippen molar-refractivity contribution in [1.82, 2.24) is 0 Å². The minimum absolute atomic E-state index is 0.000802. The Balaban J connectivity index is 2.57. The fourth-order valence-corrected chi connectivity index (χ4v) is 1.58. The summed E-state index contributed by atoms with van der Waals surface area (Å²) in [5.41, 5.74) is 1.44. The summed E-state index contributed by atoms with van der Waals surface area (Å²) in [5, 5.41) is 5.57. The van der Waals surface area contributed by atoms with Gasteiger partial charge in [-0.05, 0) is 37.1 Å². The van der Waals surface area contributed by atoms with E-state index < -0.39 is 0 Å². The fraction of sp³-hybridized carbons (Fsp3) is 0.429. The molecule has 0 saturated carbocycles. The third kappa shape index (κ3) is 5.87. The standard InChI is InChI=1S/C14H19BrN2O2/c1-9(2)8-13(18)16-11-4-6-12(7-5-11)17-14(19)10(3)15/h4-7,9-10H,8H2,1-3H3,(H,16,18)(H,17,19). The largest absolute Gasteiger partial charge is 0.326 e. The molecule has 0 aliphatic rings. The lowest BCUT2D eigenvalue weighted by molar-refractivity contribution is -0.117. The maximum atomic E-state index is 11.6. The molecule has 0 radical (unpaired) electrons. The number of carbonyl (C=O) groups excluding carboxylic acids is 2. The molecule has 2 amide bonds. The lowest BCUT2D eigenvalue weighted by Gasteiger charge is -2.09. The second kappa shape index (κ2) is 7.28. The first kappa shape index (κ1) is 15.7. The summed E-state index contributed by atoms with van der Waals surface area (Å²) in [7, 11) is 0. The van der Waals surface area contributed by atoms with Crippen molar-refractivity contribution in [1.29, 1.82) is 0 Å². The second-order valence-corrected chi connectivity index (χ2v) is 6.20. The Morgan fingerprint density at radius 2 is 1.53 bits per heavy atom. The number of nitrogens with one attached hydrogen (secondary N) is 2. The van der Waals surface area contributed by atoms with Crippen LogP contribution in [0.1, 0.15) is 27.2 Å². The van der Waals surface area contributed by atoms with Crippen molar-refractivity contribution >= 4 is 39.1 Å². The van der Waals surface area contributed by atoms with Crippen molar-refractivity contribution in [3.63, 3.8) is 0 Å². The SMILES string of the molecule is CC(C)CC(=O)Nc1ccc(NC(=O)C(C)Br)cc1. The molecule has 1 atom stereocenters. The molecule has 0 aliphatic carbocycles. The van der Waals surface area contributed by atoms with Gasteiger partial charge in [-0.2, -0.15) is 0 Å². The third-order valence-electron chi connectivity index (χ3n) is 2.39. The first-order chi connectivity index (χ1) is 8.88. The topological polar surface area (TPSA) is 58.2 Å². The van der Waals surface area contributed by atoms with Gasteiger partial charge in [0, 0.05) is 17.8 Å². The molecule has 1 aromatic carbocycles. The van der Waals surface area contributed by atoms with Crippen LogP contribution < -0.4 is 10.6 Å². The van der Waals surface area contributed by atoms with E-state index in [9.17, 15) is 9.59 Å². The van der Waals surface area contributed by atoms with E-state index in [1.807, 2.05) is 13.8 Å². The minimum Gasteiger partial charge on any atom is -0.326 e. The highest BCUT2D eigenvalue weighted by Crippen LogP contribution is 2.15. The van der Waals surface area contributed by atoms with E-state index in [2.05, 4.69) is 26.6 Å². The quantitative estimate of drug-likeness (QED) is 0.815. The molecule has 0 bridgehead atoms. The number of alkyl halides is 1. The number of anilines is 2. The van der Waals surface area contributed by atoms with Gasteiger partial charge in [0.15, 0.2) is 0 Å². The van der Waals surface area contributed by atoms with Crippen molar-refractivity contribution in [2.24, 2.45) is 5.92 Å². The summed E-state index contributed by atoms with van der Waals surface area (Å²) >= 11 is 3.20. The average molecular weight is 327 g/mol. The van der Waals surface area contributed by atoms with E-state index in [0.717, 1.165) is 5.69 Å². The Kier molecular flexibility index (Phi) is 6.02. The van der Waals surface area contributed by atoms with Gasteiger partial charge in [0.05, 0.1) is 4.83 Å². The summed E-state index contributed by atoms with van der Waals surface area (Å²) in [6.07, 6.45) is 0.500. The highest BCUT2D eigenvalue weighted by Gasteiger charge is 2.09. The third-order valence-corrected chi connectivity index (χ3v) is 2.81. The van der Waals surface area contributed by atoms with Crippen LogP contribution >= 0.6 is 15.9 Å². The van der Waals surface area contributed by atoms with Gasteiger partial charge >= 0.3 is 0 Å². The van der Waals surface area contributed by atoms with Crippen LogP contribution in [-0.2, 0) is 9.59 Å². The average Bonchev–Trinajstić information content (AvgIpc) is 2.30. The van der Waals surface area contributed by atoms with E-state index in [-0.39, 0.29) is 16.6 Å². The molecule has 0 aromatic heterocycles. The van der Waals surface area contributed by atoms with Crippen molar-refractivity contribution in [3.8, 4) is 0 Å². The zero-order valence-corrected chi connectivity index (χ0v) is 13.0. The highest BCUT2D eigenvalue weighted by atomic mass is 79.9. The molecule has 0 aliphatic heterocycles. The molecular weight excluding hydrogens is 308 g/mol. The summed E-state index contributed by atoms with van der Waals surface area (Å²) < 4.78 is 0. The smallest absolute Gasteiger partial charge is 0.237 e. The predicted molar refractivity (Wildman–Crippen MR) is 81.5 cm³/mol. The van der Waals surface area contributed by atoms with Gasteiger partial charge in [0.1, 0.15) is 0 Å². The number of rotatable bonds is 5. The van der Waals surface area contributed by atoms with Gasteiger partial charge < -0.3 is 10.6 Å². The monoisotopic (exact) mass is 326 g/mol. The van der Waals surface area contributed by atoms with Gasteiger partial charge in [-0.15, -0.1) is 0 Å². The first-order valence-corrected chi connectivity index (χ1v) is 7.15. The van der Waals surface area contributed by atoms with Gasteiger partial charge in [-0.25, -0.2) is 0 Å². The van der Waals surface area contributed by atoms with E-state index in [0.29, 0.717) is 18.0 Å². The summed E-state index contributed by atoms with van der Waals surface area (Å²) in [6.45, 7) is 5.76. The number of carbonyl (C=O) groups is 2. The maximum absolute atomic E-state index is 11.6. The van der Waals surface area contributed by atoms with Crippen LogP contribution in [0.5, 0.6) is 0 Å². The van der Waals surface area contributed by atoms with Crippen LogP contribution in [0.4, 0.5) is 11.4 Å². The van der Waals surface area contributed by atoms with Crippen molar-refractivity contribution in [3.05, 3.63) is 24.3 Å². The molecule has 4 nitrogen and oxygen atoms in total. The zero-order valence-electron chi connectivity index (χ0n) is 11.4. The number of hydrogen-bond acceptors (Lipinski definition) is 2. The van der Waals surface area contributed by atoms with Crippen LogP contribution in [-0.4, -0.2) is 16.6 Å². The highest BCUT2D eigenvalue weighted by molar-refractivity contribution is 9.10. The number of halogens is 1. The summed E-state index contributed by atoms with van der Waals surface area (Å²) in [5.74, 6) is 0.233. The van der Waals surface area contributed by atoms with Gasteiger partial charge in [0.2, 0.25) is 11.8 Å². The molecule has 1 unspecified atom stereocenters. The summed E-state index contributed by atoms with van der Waals surface area (Å²) in [6, 6.07) is 7.07. The van der Waals surface area contributed by atoms with E-state index in [4.69, 9.17) is 0 Å². The van der Waals surface area contributed by atoms with Crippen LogP contribution in [0.2, 0.25) is 0 Å². The van der Waals surface area contributed by atoms with Crippen LogP contribution in [0, 0.1) is 5.92 Å². The Bertz CT molecular complexity index is 441. The second-order valence-electron chi connectivity index (χ2n) is 4.83. The van der Waals surface area contributed by atoms with Crippen LogP contribution in [0.25, 0.3) is 0 Å². The lowest BCUT2D eigenvalue weighted by atomic mass is 10.1. The molecule has 1 rings (SSSR count). The van der Waals surface area contributed by atoms with Crippen LogP contribution in [0.15, 0.2) is 24.3 Å². The zero-order chi connectivity index (χ0) is 14.4. The normalized spacial score (nSPS) is 12.1. The molecule has 5 heteroatoms. The number of amides is 2. The van der Waals surface area contributed by atoms with E-state index in [1.165, 1.54) is 0 Å². The van der Waals surface area contributed by atoms with Gasteiger partial charge in [0.25, 0.3) is 0 Å². The molecular formula is C14H19BrN2O2. The molecule has 2 N–H and O–H groups in total. The Hall–Kier alpha value is -1.36. The molecule has 0 heterocycles. The molecule has 0 fully saturated rings. The van der Waals surface area contributed by atoms with Crippen molar-refractivity contribution in [2.75, 3.05) is 10.6 Å². The van der Waals surface area contributed by atoms with Crippen LogP contribution in [0.3, 0.4) is 0 Å². The van der Waals surface area contributed by atoms with E-state index in [1.54, 1.807) is 31.2 Å². The molecule has 1 aromatic rings. The maximum Gasteiger partial charge on any atom is 0.237 e. The number of benzene rings is 1. The lowest BCUT2D eigenvalue weighted by Crippen LogP contribution is -2.19. The minimum atomic E-state index is -0.238. The summed E-state index contributed by atoms with van der Waals surface area (Å²) in [4.78, 5) is 22.8. The predicted octanol–water partition coefficient (Wildman–Crippen LogP) is 3.39.